The van der Waals surface area contributed by atoms with Gasteiger partial charge >= 0.3 is 5.97 Å². The second kappa shape index (κ2) is 8.26. The molecule has 7 heteroatoms. The van der Waals surface area contributed by atoms with E-state index >= 15 is 0 Å². The summed E-state index contributed by atoms with van der Waals surface area (Å²) in [5.74, 6) is -1.22. The Morgan fingerprint density at radius 3 is 2.96 bits per heavy atom. The van der Waals surface area contributed by atoms with Gasteiger partial charge in [0.05, 0.1) is 25.4 Å². The number of hydrogen-bond donors (Lipinski definition) is 2. The van der Waals surface area contributed by atoms with E-state index in [0.717, 1.165) is 30.4 Å². The fraction of sp³-hybridized carbons (Fsp3) is 0.500. The number of hydrogen-bond acceptors (Lipinski definition) is 3. The molecule has 1 fully saturated rings. The summed E-state index contributed by atoms with van der Waals surface area (Å²) in [4.78, 5) is 24.9. The van der Waals surface area contributed by atoms with Crippen molar-refractivity contribution in [2.45, 2.75) is 19.8 Å². The van der Waals surface area contributed by atoms with Gasteiger partial charge in [0.15, 0.2) is 6.54 Å². The van der Waals surface area contributed by atoms with Crippen LogP contribution in [0.5, 0.6) is 0 Å². The lowest BCUT2D eigenvalue weighted by Crippen LogP contribution is -3.14. The van der Waals surface area contributed by atoms with Crippen LogP contribution >= 0.6 is 11.6 Å². The van der Waals surface area contributed by atoms with Crippen LogP contribution < -0.4 is 10.2 Å². The Morgan fingerprint density at radius 2 is 2.26 bits per heavy atom. The van der Waals surface area contributed by atoms with E-state index in [2.05, 4.69) is 5.32 Å². The number of halogens is 2. The van der Waals surface area contributed by atoms with Gasteiger partial charge < -0.3 is 15.0 Å². The smallest absolute Gasteiger partial charge is 0.314 e. The van der Waals surface area contributed by atoms with E-state index in [-0.39, 0.29) is 35.0 Å². The van der Waals surface area contributed by atoms with Crippen molar-refractivity contribution in [3.05, 3.63) is 29.0 Å². The molecule has 0 aromatic heterocycles. The summed E-state index contributed by atoms with van der Waals surface area (Å²) in [6.07, 6.45) is 1.65. The Bertz CT molecular complexity index is 582. The monoisotopic (exact) mass is 343 g/mol. The van der Waals surface area contributed by atoms with Crippen molar-refractivity contribution in [2.24, 2.45) is 5.92 Å². The molecule has 0 aliphatic carbocycles. The lowest BCUT2D eigenvalue weighted by molar-refractivity contribution is -0.899. The van der Waals surface area contributed by atoms with Crippen LogP contribution in [0.15, 0.2) is 18.2 Å². The highest BCUT2D eigenvalue weighted by atomic mass is 35.5. The molecule has 2 N–H and O–H groups in total. The minimum Gasteiger partial charge on any atom is -0.466 e. The molecule has 1 unspecified atom stereocenters. The van der Waals surface area contributed by atoms with Crippen LogP contribution in [0.1, 0.15) is 19.8 Å². The number of rotatable bonds is 5. The maximum atomic E-state index is 13.7. The molecule has 1 amide bonds. The third-order valence-corrected chi connectivity index (χ3v) is 4.09. The molecule has 126 valence electrons. The van der Waals surface area contributed by atoms with Gasteiger partial charge in [-0.3, -0.25) is 9.59 Å². The average Bonchev–Trinajstić information content (AvgIpc) is 2.50. The summed E-state index contributed by atoms with van der Waals surface area (Å²) in [6, 6.07) is 4.11. The molecular weight excluding hydrogens is 323 g/mol. The van der Waals surface area contributed by atoms with Gasteiger partial charge in [0.1, 0.15) is 11.7 Å². The fourth-order valence-electron chi connectivity index (χ4n) is 2.79. The number of anilines is 1. The van der Waals surface area contributed by atoms with Gasteiger partial charge in [0.2, 0.25) is 0 Å². The minimum absolute atomic E-state index is 0.109. The number of ether oxygens (including phenoxy) is 1. The topological polar surface area (TPSA) is 59.8 Å². The molecule has 0 saturated carbocycles. The van der Waals surface area contributed by atoms with Gasteiger partial charge in [-0.2, -0.15) is 0 Å². The van der Waals surface area contributed by atoms with Crippen molar-refractivity contribution >= 4 is 29.2 Å². The molecule has 1 saturated heterocycles. The van der Waals surface area contributed by atoms with Crippen LogP contribution in [0.3, 0.4) is 0 Å². The van der Waals surface area contributed by atoms with Crippen molar-refractivity contribution in [3.63, 3.8) is 0 Å². The molecular formula is C16H21ClFN2O3+. The maximum absolute atomic E-state index is 13.7. The predicted octanol–water partition coefficient (Wildman–Crippen LogP) is 1.28. The summed E-state index contributed by atoms with van der Waals surface area (Å²) in [6.45, 7) is 3.71. The van der Waals surface area contributed by atoms with Gasteiger partial charge in [-0.05, 0) is 38.0 Å². The molecule has 2 rings (SSSR count). The fourth-order valence-corrected chi connectivity index (χ4v) is 2.94. The summed E-state index contributed by atoms with van der Waals surface area (Å²) < 4.78 is 18.7. The Hall–Kier alpha value is -1.66. The third-order valence-electron chi connectivity index (χ3n) is 3.85. The van der Waals surface area contributed by atoms with E-state index in [1.807, 2.05) is 0 Å². The number of carbonyl (C=O) groups is 2. The Morgan fingerprint density at radius 1 is 1.48 bits per heavy atom. The van der Waals surface area contributed by atoms with Gasteiger partial charge in [-0.1, -0.05) is 11.6 Å². The molecule has 1 aromatic carbocycles. The first-order chi connectivity index (χ1) is 11.0. The van der Waals surface area contributed by atoms with Crippen LogP contribution in [-0.2, 0) is 14.3 Å². The van der Waals surface area contributed by atoms with Gasteiger partial charge in [-0.15, -0.1) is 0 Å². The summed E-state index contributed by atoms with van der Waals surface area (Å²) in [7, 11) is 0. The SMILES string of the molecule is CCOC(=O)[C@@H]1CCC[NH+](CC(=O)Nc2ccc(Cl)cc2F)C1. The van der Waals surface area contributed by atoms with E-state index in [4.69, 9.17) is 16.3 Å². The second-order valence-electron chi connectivity index (χ2n) is 5.64. The molecule has 2 atom stereocenters. The van der Waals surface area contributed by atoms with E-state index in [0.29, 0.717) is 13.2 Å². The zero-order chi connectivity index (χ0) is 16.8. The highest BCUT2D eigenvalue weighted by Gasteiger charge is 2.30. The average molecular weight is 344 g/mol. The second-order valence-corrected chi connectivity index (χ2v) is 6.08. The lowest BCUT2D eigenvalue weighted by Gasteiger charge is -2.28. The molecule has 0 radical (unpaired) electrons. The Balaban J connectivity index is 1.88. The number of amides is 1. The van der Waals surface area contributed by atoms with Crippen molar-refractivity contribution in [1.29, 1.82) is 0 Å². The summed E-state index contributed by atoms with van der Waals surface area (Å²) in [5.41, 5.74) is 0.109. The zero-order valence-electron chi connectivity index (χ0n) is 13.0. The maximum Gasteiger partial charge on any atom is 0.314 e. The van der Waals surface area contributed by atoms with E-state index in [1.54, 1.807) is 6.92 Å². The molecule has 0 bridgehead atoms. The Labute approximate surface area is 139 Å². The number of esters is 1. The molecule has 1 heterocycles. The highest BCUT2D eigenvalue weighted by Crippen LogP contribution is 2.18. The summed E-state index contributed by atoms with van der Waals surface area (Å²) in [5, 5.41) is 2.82. The van der Waals surface area contributed by atoms with E-state index in [9.17, 15) is 14.0 Å². The Kier molecular flexibility index (Phi) is 6.36. The van der Waals surface area contributed by atoms with Crippen molar-refractivity contribution in [3.8, 4) is 0 Å². The molecule has 1 aliphatic heterocycles. The number of likely N-dealkylation sites (tertiary alicyclic amines) is 1. The molecule has 1 aromatic rings. The van der Waals surface area contributed by atoms with Gasteiger partial charge in [0.25, 0.3) is 5.91 Å². The molecule has 1 aliphatic rings. The van der Waals surface area contributed by atoms with Crippen LogP contribution in [0.2, 0.25) is 5.02 Å². The first-order valence-electron chi connectivity index (χ1n) is 7.74. The number of carbonyl (C=O) groups excluding carboxylic acids is 2. The predicted molar refractivity (Wildman–Crippen MR) is 85.0 cm³/mol. The van der Waals surface area contributed by atoms with E-state index in [1.165, 1.54) is 12.1 Å². The standard InChI is InChI=1S/C16H20ClFN2O3/c1-2-23-16(22)11-4-3-7-20(9-11)10-15(21)19-14-6-5-12(17)8-13(14)18/h5-6,8,11H,2-4,7,9-10H2,1H3,(H,19,21)/p+1/t11-/m1/s1. The van der Waals surface area contributed by atoms with Crippen molar-refractivity contribution < 1.29 is 23.6 Å². The van der Waals surface area contributed by atoms with Crippen LogP contribution in [0.25, 0.3) is 0 Å². The van der Waals surface area contributed by atoms with E-state index < -0.39 is 5.82 Å². The largest absolute Gasteiger partial charge is 0.466 e. The highest BCUT2D eigenvalue weighted by molar-refractivity contribution is 6.30. The number of quaternary nitrogens is 1. The number of piperidine rings is 1. The van der Waals surface area contributed by atoms with Crippen LogP contribution in [0, 0.1) is 11.7 Å². The van der Waals surface area contributed by atoms with Gasteiger partial charge in [0, 0.05) is 5.02 Å². The van der Waals surface area contributed by atoms with Crippen LogP contribution in [-0.4, -0.2) is 38.1 Å². The minimum atomic E-state index is -0.566. The summed E-state index contributed by atoms with van der Waals surface area (Å²) >= 11 is 5.68. The quantitative estimate of drug-likeness (QED) is 0.792. The third kappa shape index (κ3) is 5.18. The molecule has 5 nitrogen and oxygen atoms in total. The molecule has 23 heavy (non-hydrogen) atoms. The van der Waals surface area contributed by atoms with Gasteiger partial charge in [-0.25, -0.2) is 4.39 Å². The first kappa shape index (κ1) is 17.7. The normalized spacial score (nSPS) is 20.8. The zero-order valence-corrected chi connectivity index (χ0v) is 13.8. The molecule has 0 spiro atoms. The number of benzene rings is 1. The number of nitrogens with one attached hydrogen (secondary N) is 2. The van der Waals surface area contributed by atoms with Crippen LogP contribution in [0.4, 0.5) is 10.1 Å². The lowest BCUT2D eigenvalue weighted by atomic mass is 9.98. The van der Waals surface area contributed by atoms with Crippen molar-refractivity contribution in [1.82, 2.24) is 0 Å². The van der Waals surface area contributed by atoms with Crippen molar-refractivity contribution in [2.75, 3.05) is 31.6 Å². The first-order valence-corrected chi connectivity index (χ1v) is 8.12.